The minimum Gasteiger partial charge on any atom is -0.497 e. The molecule has 19 heavy (non-hydrogen) atoms. The smallest absolute Gasteiger partial charge is 0.119 e. The Morgan fingerprint density at radius 3 is 2.74 bits per heavy atom. The van der Waals surface area contributed by atoms with Crippen molar-refractivity contribution < 1.29 is 4.74 Å². The van der Waals surface area contributed by atoms with Crippen molar-refractivity contribution in [2.24, 2.45) is 0 Å². The van der Waals surface area contributed by atoms with Crippen LogP contribution in [0.15, 0.2) is 48.5 Å². The van der Waals surface area contributed by atoms with Crippen LogP contribution in [-0.4, -0.2) is 13.7 Å². The van der Waals surface area contributed by atoms with Crippen molar-refractivity contribution in [3.63, 3.8) is 0 Å². The standard InChI is InChI=1S/C16H20N2O/c1-19-15-7-4-5-13(11-15)9-10-18-12-14-6-2-3-8-16(14)17/h2-8,11,18H,9-10,12,17H2,1H3. The zero-order chi connectivity index (χ0) is 13.5. The molecular formula is C16H20N2O. The van der Waals surface area contributed by atoms with Crippen LogP contribution in [0.1, 0.15) is 11.1 Å². The fourth-order valence-corrected chi connectivity index (χ4v) is 1.98. The number of nitrogens with one attached hydrogen (secondary N) is 1. The van der Waals surface area contributed by atoms with Gasteiger partial charge >= 0.3 is 0 Å². The van der Waals surface area contributed by atoms with Crippen LogP contribution in [0.3, 0.4) is 0 Å². The maximum absolute atomic E-state index is 5.90. The number of benzene rings is 2. The van der Waals surface area contributed by atoms with Gasteiger partial charge in [-0.3, -0.25) is 0 Å². The Morgan fingerprint density at radius 2 is 1.95 bits per heavy atom. The molecule has 0 unspecified atom stereocenters. The number of para-hydroxylation sites is 1. The summed E-state index contributed by atoms with van der Waals surface area (Å²) in [7, 11) is 1.69. The van der Waals surface area contributed by atoms with E-state index >= 15 is 0 Å². The van der Waals surface area contributed by atoms with E-state index in [0.29, 0.717) is 0 Å². The van der Waals surface area contributed by atoms with E-state index in [1.807, 2.05) is 36.4 Å². The second-order valence-electron chi connectivity index (χ2n) is 4.48. The van der Waals surface area contributed by atoms with Gasteiger partial charge in [0, 0.05) is 12.2 Å². The molecule has 0 fully saturated rings. The third-order valence-corrected chi connectivity index (χ3v) is 3.10. The van der Waals surface area contributed by atoms with Crippen molar-refractivity contribution in [1.82, 2.24) is 5.32 Å². The number of nitrogens with two attached hydrogens (primary N) is 1. The molecule has 0 radical (unpaired) electrons. The molecule has 0 aliphatic carbocycles. The van der Waals surface area contributed by atoms with Gasteiger partial charge < -0.3 is 15.8 Å². The lowest BCUT2D eigenvalue weighted by Crippen LogP contribution is -2.17. The van der Waals surface area contributed by atoms with Crippen LogP contribution >= 0.6 is 0 Å². The Bertz CT molecular complexity index is 526. The fraction of sp³-hybridized carbons (Fsp3) is 0.250. The number of methoxy groups -OCH3 is 1. The molecule has 2 aromatic rings. The van der Waals surface area contributed by atoms with Gasteiger partial charge in [0.25, 0.3) is 0 Å². The number of nitrogen functional groups attached to an aromatic ring is 1. The van der Waals surface area contributed by atoms with Crippen molar-refractivity contribution in [2.75, 3.05) is 19.4 Å². The van der Waals surface area contributed by atoms with E-state index in [4.69, 9.17) is 10.5 Å². The summed E-state index contributed by atoms with van der Waals surface area (Å²) in [4.78, 5) is 0. The Morgan fingerprint density at radius 1 is 1.11 bits per heavy atom. The third kappa shape index (κ3) is 4.00. The molecule has 0 aromatic heterocycles. The predicted octanol–water partition coefficient (Wildman–Crippen LogP) is 2.61. The predicted molar refractivity (Wildman–Crippen MR) is 79.3 cm³/mol. The lowest BCUT2D eigenvalue weighted by molar-refractivity contribution is 0.414. The van der Waals surface area contributed by atoms with Gasteiger partial charge in [0.05, 0.1) is 7.11 Å². The van der Waals surface area contributed by atoms with Crippen molar-refractivity contribution in [1.29, 1.82) is 0 Å². The summed E-state index contributed by atoms with van der Waals surface area (Å²) in [5.74, 6) is 0.907. The SMILES string of the molecule is COc1cccc(CCNCc2ccccc2N)c1. The number of rotatable bonds is 6. The van der Waals surface area contributed by atoms with Gasteiger partial charge in [0.15, 0.2) is 0 Å². The molecule has 0 atom stereocenters. The van der Waals surface area contributed by atoms with E-state index in [1.165, 1.54) is 5.56 Å². The van der Waals surface area contributed by atoms with Crippen LogP contribution in [0.4, 0.5) is 5.69 Å². The van der Waals surface area contributed by atoms with E-state index in [1.54, 1.807) is 7.11 Å². The Labute approximate surface area is 114 Å². The minimum atomic E-state index is 0.802. The number of hydrogen-bond acceptors (Lipinski definition) is 3. The molecule has 0 aliphatic rings. The van der Waals surface area contributed by atoms with E-state index in [9.17, 15) is 0 Å². The van der Waals surface area contributed by atoms with Gasteiger partial charge in [-0.25, -0.2) is 0 Å². The second-order valence-corrected chi connectivity index (χ2v) is 4.48. The van der Waals surface area contributed by atoms with E-state index in [-0.39, 0.29) is 0 Å². The van der Waals surface area contributed by atoms with Gasteiger partial charge in [0.1, 0.15) is 5.75 Å². The van der Waals surface area contributed by atoms with E-state index in [0.717, 1.165) is 36.5 Å². The summed E-state index contributed by atoms with van der Waals surface area (Å²) >= 11 is 0. The molecule has 2 rings (SSSR count). The average molecular weight is 256 g/mol. The van der Waals surface area contributed by atoms with Crippen LogP contribution in [-0.2, 0) is 13.0 Å². The number of anilines is 1. The summed E-state index contributed by atoms with van der Waals surface area (Å²) < 4.78 is 5.21. The molecule has 0 bridgehead atoms. The molecular weight excluding hydrogens is 236 g/mol. The van der Waals surface area contributed by atoms with Gasteiger partial charge in [-0.2, -0.15) is 0 Å². The molecule has 0 saturated heterocycles. The summed E-state index contributed by atoms with van der Waals surface area (Å²) in [5.41, 5.74) is 9.16. The minimum absolute atomic E-state index is 0.802. The highest BCUT2D eigenvalue weighted by molar-refractivity contribution is 5.46. The fourth-order valence-electron chi connectivity index (χ4n) is 1.98. The monoisotopic (exact) mass is 256 g/mol. The van der Waals surface area contributed by atoms with Crippen LogP contribution in [0.25, 0.3) is 0 Å². The van der Waals surface area contributed by atoms with Crippen LogP contribution in [0.2, 0.25) is 0 Å². The Balaban J connectivity index is 1.79. The molecule has 0 amide bonds. The quantitative estimate of drug-likeness (QED) is 0.617. The largest absolute Gasteiger partial charge is 0.497 e. The van der Waals surface area contributed by atoms with Crippen LogP contribution < -0.4 is 15.8 Å². The Kier molecular flexibility index (Phi) is 4.81. The van der Waals surface area contributed by atoms with Crippen molar-refractivity contribution >= 4 is 5.69 Å². The van der Waals surface area contributed by atoms with E-state index in [2.05, 4.69) is 17.4 Å². The first-order valence-electron chi connectivity index (χ1n) is 6.46. The number of hydrogen-bond donors (Lipinski definition) is 2. The maximum Gasteiger partial charge on any atom is 0.119 e. The molecule has 0 spiro atoms. The molecule has 0 heterocycles. The van der Waals surface area contributed by atoms with Crippen LogP contribution in [0.5, 0.6) is 5.75 Å². The summed E-state index contributed by atoms with van der Waals surface area (Å²) in [6.45, 7) is 1.72. The zero-order valence-corrected chi connectivity index (χ0v) is 11.2. The highest BCUT2D eigenvalue weighted by atomic mass is 16.5. The maximum atomic E-state index is 5.90. The van der Waals surface area contributed by atoms with Crippen molar-refractivity contribution in [3.8, 4) is 5.75 Å². The molecule has 3 N–H and O–H groups in total. The molecule has 3 nitrogen and oxygen atoms in total. The molecule has 0 aliphatic heterocycles. The summed E-state index contributed by atoms with van der Waals surface area (Å²) in [6, 6.07) is 16.1. The van der Waals surface area contributed by atoms with Crippen LogP contribution in [0, 0.1) is 0 Å². The zero-order valence-electron chi connectivity index (χ0n) is 11.2. The first-order valence-corrected chi connectivity index (χ1v) is 6.46. The first kappa shape index (κ1) is 13.4. The molecule has 0 saturated carbocycles. The number of ether oxygens (including phenoxy) is 1. The third-order valence-electron chi connectivity index (χ3n) is 3.10. The molecule has 2 aromatic carbocycles. The average Bonchev–Trinajstić information content (AvgIpc) is 2.45. The summed E-state index contributed by atoms with van der Waals surface area (Å²) in [5, 5.41) is 3.41. The van der Waals surface area contributed by atoms with Gasteiger partial charge in [0.2, 0.25) is 0 Å². The second kappa shape index (κ2) is 6.81. The van der Waals surface area contributed by atoms with Crippen molar-refractivity contribution in [2.45, 2.75) is 13.0 Å². The normalized spacial score (nSPS) is 10.4. The van der Waals surface area contributed by atoms with Gasteiger partial charge in [-0.15, -0.1) is 0 Å². The topological polar surface area (TPSA) is 47.3 Å². The first-order chi connectivity index (χ1) is 9.29. The van der Waals surface area contributed by atoms with Gasteiger partial charge in [-0.1, -0.05) is 30.3 Å². The molecule has 100 valence electrons. The van der Waals surface area contributed by atoms with E-state index < -0.39 is 0 Å². The lowest BCUT2D eigenvalue weighted by atomic mass is 10.1. The Hall–Kier alpha value is -2.00. The summed E-state index contributed by atoms with van der Waals surface area (Å²) in [6.07, 6.45) is 0.976. The molecule has 3 heteroatoms. The van der Waals surface area contributed by atoms with Crippen molar-refractivity contribution in [3.05, 3.63) is 59.7 Å². The van der Waals surface area contributed by atoms with Gasteiger partial charge in [-0.05, 0) is 42.3 Å². The highest BCUT2D eigenvalue weighted by Crippen LogP contribution is 2.13. The highest BCUT2D eigenvalue weighted by Gasteiger charge is 1.98. The lowest BCUT2D eigenvalue weighted by Gasteiger charge is -2.08.